The molecule has 5 heteroatoms. The second-order valence-corrected chi connectivity index (χ2v) is 3.77. The van der Waals surface area contributed by atoms with Gasteiger partial charge in [0.25, 0.3) is 5.91 Å². The van der Waals surface area contributed by atoms with Gasteiger partial charge in [-0.05, 0) is 12.1 Å². The number of carbonyl (C=O) groups is 2. The number of hydrogen-bond acceptors (Lipinski definition) is 3. The molecule has 1 aliphatic rings. The monoisotopic (exact) mass is 215 g/mol. The van der Waals surface area contributed by atoms with Crippen molar-refractivity contribution in [2.24, 2.45) is 0 Å². The molecule has 0 aromatic carbocycles. The first kappa shape index (κ1) is 9.08. The summed E-state index contributed by atoms with van der Waals surface area (Å²) in [7, 11) is 0. The lowest BCUT2D eigenvalue weighted by Crippen LogP contribution is -2.19. The van der Waals surface area contributed by atoms with Gasteiger partial charge in [0.2, 0.25) is 0 Å². The molecule has 2 aromatic rings. The molecule has 0 saturated heterocycles. The summed E-state index contributed by atoms with van der Waals surface area (Å²) in [6.45, 7) is 0. The van der Waals surface area contributed by atoms with Crippen LogP contribution in [-0.2, 0) is 6.42 Å². The van der Waals surface area contributed by atoms with Gasteiger partial charge in [-0.3, -0.25) is 14.2 Å². The van der Waals surface area contributed by atoms with E-state index < -0.39 is 0 Å². The molecule has 0 spiro atoms. The van der Waals surface area contributed by atoms with Gasteiger partial charge in [-0.2, -0.15) is 0 Å². The van der Waals surface area contributed by atoms with Crippen molar-refractivity contribution < 1.29 is 9.59 Å². The highest BCUT2D eigenvalue weighted by molar-refractivity contribution is 5.87. The average Bonchev–Trinajstić information content (AvgIpc) is 2.95. The summed E-state index contributed by atoms with van der Waals surface area (Å²) in [4.78, 5) is 26.7. The van der Waals surface area contributed by atoms with Crippen LogP contribution in [0.1, 0.15) is 27.0 Å². The minimum atomic E-state index is -0.312. The Hall–Kier alpha value is -2.17. The Bertz CT molecular complexity index is 567. The van der Waals surface area contributed by atoms with Crippen molar-refractivity contribution in [1.82, 2.24) is 14.1 Å². The standard InChI is InChI=1S/C11H9N3O2/c15-6-8-2-1-3-13(8)10-4-9-5-12-7-14(9)11(10)16/h1-3,5-7,10H,4H2. The van der Waals surface area contributed by atoms with Gasteiger partial charge >= 0.3 is 0 Å². The van der Waals surface area contributed by atoms with E-state index in [0.717, 1.165) is 12.0 Å². The predicted molar refractivity (Wildman–Crippen MR) is 55.4 cm³/mol. The third-order valence-electron chi connectivity index (χ3n) is 2.91. The first-order valence-electron chi connectivity index (χ1n) is 4.98. The molecule has 0 amide bonds. The smallest absolute Gasteiger partial charge is 0.255 e. The van der Waals surface area contributed by atoms with Crippen LogP contribution in [0.4, 0.5) is 0 Å². The SMILES string of the molecule is O=Cc1cccn1C1Cc2cncn2C1=O. The Morgan fingerprint density at radius 2 is 2.38 bits per heavy atom. The highest BCUT2D eigenvalue weighted by atomic mass is 16.2. The number of nitrogens with zero attached hydrogens (tertiary/aromatic N) is 3. The Morgan fingerprint density at radius 1 is 1.50 bits per heavy atom. The van der Waals surface area contributed by atoms with Gasteiger partial charge < -0.3 is 4.57 Å². The fraction of sp³-hybridized carbons (Fsp3) is 0.182. The van der Waals surface area contributed by atoms with Crippen LogP contribution < -0.4 is 0 Å². The van der Waals surface area contributed by atoms with E-state index in [1.54, 1.807) is 33.7 Å². The van der Waals surface area contributed by atoms with Crippen molar-refractivity contribution in [3.05, 3.63) is 42.2 Å². The van der Waals surface area contributed by atoms with E-state index in [4.69, 9.17) is 0 Å². The van der Waals surface area contributed by atoms with Crippen molar-refractivity contribution in [3.63, 3.8) is 0 Å². The zero-order chi connectivity index (χ0) is 11.1. The van der Waals surface area contributed by atoms with Gasteiger partial charge in [-0.25, -0.2) is 4.98 Å². The molecule has 0 bridgehead atoms. The maximum absolute atomic E-state index is 12.0. The second-order valence-electron chi connectivity index (χ2n) is 3.77. The predicted octanol–water partition coefficient (Wildman–Crippen LogP) is 0.935. The van der Waals surface area contributed by atoms with Gasteiger partial charge in [-0.15, -0.1) is 0 Å². The fourth-order valence-electron chi connectivity index (χ4n) is 2.13. The highest BCUT2D eigenvalue weighted by Gasteiger charge is 2.32. The number of fused-ring (bicyclic) bond motifs is 1. The van der Waals surface area contributed by atoms with Gasteiger partial charge in [0.15, 0.2) is 6.29 Å². The number of carbonyl (C=O) groups excluding carboxylic acids is 2. The van der Waals surface area contributed by atoms with E-state index in [2.05, 4.69) is 4.98 Å². The van der Waals surface area contributed by atoms with Crippen LogP contribution in [-0.4, -0.2) is 26.3 Å². The zero-order valence-corrected chi connectivity index (χ0v) is 8.41. The summed E-state index contributed by atoms with van der Waals surface area (Å²) < 4.78 is 3.25. The van der Waals surface area contributed by atoms with E-state index in [9.17, 15) is 9.59 Å². The highest BCUT2D eigenvalue weighted by Crippen LogP contribution is 2.25. The number of aldehydes is 1. The van der Waals surface area contributed by atoms with Crippen LogP contribution in [0, 0.1) is 0 Å². The first-order valence-corrected chi connectivity index (χ1v) is 4.98. The van der Waals surface area contributed by atoms with Crippen LogP contribution in [0.25, 0.3) is 0 Å². The number of rotatable bonds is 2. The molecule has 16 heavy (non-hydrogen) atoms. The average molecular weight is 215 g/mol. The Labute approximate surface area is 91.3 Å². The lowest BCUT2D eigenvalue weighted by atomic mass is 10.2. The number of imidazole rings is 1. The second kappa shape index (κ2) is 3.16. The molecule has 0 N–H and O–H groups in total. The molecule has 3 heterocycles. The molecule has 0 saturated carbocycles. The Balaban J connectivity index is 2.03. The van der Waals surface area contributed by atoms with Crippen LogP contribution >= 0.6 is 0 Å². The van der Waals surface area contributed by atoms with E-state index in [-0.39, 0.29) is 11.9 Å². The molecule has 2 aromatic heterocycles. The maximum atomic E-state index is 12.0. The molecule has 80 valence electrons. The third-order valence-corrected chi connectivity index (χ3v) is 2.91. The van der Waals surface area contributed by atoms with Crippen molar-refractivity contribution in [1.29, 1.82) is 0 Å². The molecule has 1 unspecified atom stereocenters. The van der Waals surface area contributed by atoms with Crippen LogP contribution in [0.15, 0.2) is 30.9 Å². The zero-order valence-electron chi connectivity index (χ0n) is 8.41. The molecule has 5 nitrogen and oxygen atoms in total. The van der Waals surface area contributed by atoms with Crippen LogP contribution in [0.3, 0.4) is 0 Å². The van der Waals surface area contributed by atoms with Crippen molar-refractivity contribution in [3.8, 4) is 0 Å². The lowest BCUT2D eigenvalue weighted by Gasteiger charge is -2.11. The lowest BCUT2D eigenvalue weighted by molar-refractivity contribution is 0.0868. The third kappa shape index (κ3) is 1.08. The topological polar surface area (TPSA) is 56.9 Å². The van der Waals surface area contributed by atoms with Crippen LogP contribution in [0.5, 0.6) is 0 Å². The summed E-state index contributed by atoms with van der Waals surface area (Å²) >= 11 is 0. The number of aromatic nitrogens is 3. The molecule has 0 fully saturated rings. The minimum absolute atomic E-state index is 0.0354. The summed E-state index contributed by atoms with van der Waals surface area (Å²) in [5.74, 6) is -0.0354. The summed E-state index contributed by atoms with van der Waals surface area (Å²) in [5.41, 5.74) is 1.41. The van der Waals surface area contributed by atoms with Gasteiger partial charge in [0.05, 0.1) is 5.69 Å². The Morgan fingerprint density at radius 3 is 3.12 bits per heavy atom. The van der Waals surface area contributed by atoms with E-state index >= 15 is 0 Å². The molecule has 1 atom stereocenters. The van der Waals surface area contributed by atoms with Crippen molar-refractivity contribution in [2.45, 2.75) is 12.5 Å². The Kier molecular flexibility index (Phi) is 1.80. The molecule has 0 aliphatic carbocycles. The van der Waals surface area contributed by atoms with E-state index in [0.29, 0.717) is 12.1 Å². The molecular formula is C11H9N3O2. The fourth-order valence-corrected chi connectivity index (χ4v) is 2.13. The molecule has 0 radical (unpaired) electrons. The van der Waals surface area contributed by atoms with E-state index in [1.165, 1.54) is 6.33 Å². The molecular weight excluding hydrogens is 206 g/mol. The quantitative estimate of drug-likeness (QED) is 0.700. The minimum Gasteiger partial charge on any atom is -0.332 e. The van der Waals surface area contributed by atoms with Gasteiger partial charge in [0.1, 0.15) is 12.4 Å². The van der Waals surface area contributed by atoms with Crippen molar-refractivity contribution in [2.75, 3.05) is 0 Å². The molecule has 1 aliphatic heterocycles. The van der Waals surface area contributed by atoms with Gasteiger partial charge in [0, 0.05) is 24.5 Å². The van der Waals surface area contributed by atoms with Crippen molar-refractivity contribution >= 4 is 12.2 Å². The van der Waals surface area contributed by atoms with Crippen LogP contribution in [0.2, 0.25) is 0 Å². The summed E-state index contributed by atoms with van der Waals surface area (Å²) in [6, 6.07) is 3.16. The van der Waals surface area contributed by atoms with E-state index in [1.807, 2.05) is 0 Å². The molecule has 3 rings (SSSR count). The van der Waals surface area contributed by atoms with Gasteiger partial charge in [-0.1, -0.05) is 0 Å². The number of hydrogen-bond donors (Lipinski definition) is 0. The largest absolute Gasteiger partial charge is 0.332 e. The maximum Gasteiger partial charge on any atom is 0.255 e. The first-order chi connectivity index (χ1) is 7.81. The summed E-state index contributed by atoms with van der Waals surface area (Å²) in [6.07, 6.45) is 6.31. The normalized spacial score (nSPS) is 18.8. The summed E-state index contributed by atoms with van der Waals surface area (Å²) in [5, 5.41) is 0.